The number of rotatable bonds is 4. The first-order chi connectivity index (χ1) is 12.7. The Balaban J connectivity index is 1.58. The molecule has 7 heteroatoms. The summed E-state index contributed by atoms with van der Waals surface area (Å²) in [7, 11) is 1.71. The van der Waals surface area contributed by atoms with Gasteiger partial charge in [0.25, 0.3) is 5.91 Å². The second-order valence-electron chi connectivity index (χ2n) is 5.81. The van der Waals surface area contributed by atoms with E-state index in [1.165, 1.54) is 4.68 Å². The first-order valence-electron chi connectivity index (χ1n) is 8.05. The second-order valence-corrected chi connectivity index (χ2v) is 5.81. The van der Waals surface area contributed by atoms with Crippen molar-refractivity contribution < 1.29 is 14.3 Å². The Bertz CT molecular complexity index is 1080. The Morgan fingerprint density at radius 2 is 2.00 bits per heavy atom. The summed E-state index contributed by atoms with van der Waals surface area (Å²) in [5.74, 6) is 0.234. The van der Waals surface area contributed by atoms with E-state index >= 15 is 0 Å². The zero-order chi connectivity index (χ0) is 18.1. The van der Waals surface area contributed by atoms with Crippen molar-refractivity contribution >= 4 is 22.7 Å². The number of nitrogens with one attached hydrogen (secondary N) is 1. The van der Waals surface area contributed by atoms with Crippen LogP contribution in [-0.4, -0.2) is 25.8 Å². The molecule has 2 N–H and O–H groups in total. The lowest BCUT2D eigenvalue weighted by Crippen LogP contribution is -2.15. The number of hydrogen-bond donors (Lipinski definition) is 2. The van der Waals surface area contributed by atoms with E-state index in [1.54, 1.807) is 37.5 Å². The number of oxazole rings is 1. The maximum absolute atomic E-state index is 12.2. The van der Waals surface area contributed by atoms with E-state index in [1.807, 2.05) is 24.3 Å². The molecule has 0 fully saturated rings. The van der Waals surface area contributed by atoms with E-state index in [2.05, 4.69) is 15.4 Å². The van der Waals surface area contributed by atoms with E-state index in [4.69, 9.17) is 4.42 Å². The third kappa shape index (κ3) is 2.84. The molecule has 0 aliphatic heterocycles. The number of nitrogens with zero attached hydrogens (tertiary/aromatic N) is 3. The van der Waals surface area contributed by atoms with Gasteiger partial charge in [-0.05, 0) is 36.4 Å². The molecule has 130 valence electrons. The van der Waals surface area contributed by atoms with Gasteiger partial charge >= 0.3 is 0 Å². The van der Waals surface area contributed by atoms with Crippen molar-refractivity contribution in [2.75, 3.05) is 5.32 Å². The Morgan fingerprint density at radius 3 is 2.69 bits per heavy atom. The van der Waals surface area contributed by atoms with Gasteiger partial charge in [-0.2, -0.15) is 5.10 Å². The van der Waals surface area contributed by atoms with Crippen LogP contribution in [0.15, 0.2) is 59.1 Å². The highest BCUT2D eigenvalue weighted by molar-refractivity contribution is 6.03. The average Bonchev–Trinajstić information content (AvgIpc) is 3.28. The minimum atomic E-state index is -0.229. The van der Waals surface area contributed by atoms with Crippen LogP contribution in [0, 0.1) is 0 Å². The number of benzene rings is 2. The summed E-state index contributed by atoms with van der Waals surface area (Å²) in [5.41, 5.74) is 3.89. The van der Waals surface area contributed by atoms with Crippen LogP contribution >= 0.6 is 0 Å². The molecular formula is C19H16N4O3. The second kappa shape index (κ2) is 6.45. The van der Waals surface area contributed by atoms with Crippen molar-refractivity contribution in [2.45, 2.75) is 6.61 Å². The summed E-state index contributed by atoms with van der Waals surface area (Å²) < 4.78 is 7.32. The lowest BCUT2D eigenvalue weighted by atomic mass is 10.2. The van der Waals surface area contributed by atoms with Crippen molar-refractivity contribution in [2.24, 2.45) is 7.05 Å². The highest BCUT2D eigenvalue weighted by Crippen LogP contribution is 2.27. The van der Waals surface area contributed by atoms with Gasteiger partial charge in [-0.15, -0.1) is 0 Å². The topological polar surface area (TPSA) is 93.2 Å². The van der Waals surface area contributed by atoms with Gasteiger partial charge in [-0.25, -0.2) is 4.98 Å². The van der Waals surface area contributed by atoms with Crippen molar-refractivity contribution in [3.05, 3.63) is 66.0 Å². The average molecular weight is 348 g/mol. The van der Waals surface area contributed by atoms with Gasteiger partial charge in [0.2, 0.25) is 5.89 Å². The number of aromatic nitrogens is 3. The molecular weight excluding hydrogens is 332 g/mol. The zero-order valence-corrected chi connectivity index (χ0v) is 14.0. The van der Waals surface area contributed by atoms with Gasteiger partial charge in [0, 0.05) is 30.1 Å². The number of aliphatic hydroxyl groups is 1. The molecule has 0 saturated heterocycles. The largest absolute Gasteiger partial charge is 0.436 e. The molecule has 0 aliphatic carbocycles. The van der Waals surface area contributed by atoms with Gasteiger partial charge in [0.05, 0.1) is 6.61 Å². The van der Waals surface area contributed by atoms with Crippen LogP contribution < -0.4 is 5.32 Å². The Morgan fingerprint density at radius 1 is 1.19 bits per heavy atom. The summed E-state index contributed by atoms with van der Waals surface area (Å²) in [6.45, 7) is -0.106. The molecule has 2 aromatic heterocycles. The Hall–Kier alpha value is -3.45. The number of fused-ring (bicyclic) bond motifs is 1. The molecule has 2 heterocycles. The molecule has 4 aromatic rings. The summed E-state index contributed by atoms with van der Waals surface area (Å²) in [5, 5.41) is 16.2. The number of para-hydroxylation sites is 1. The summed E-state index contributed by atoms with van der Waals surface area (Å²) in [4.78, 5) is 16.7. The number of aryl methyl sites for hydroxylation is 1. The van der Waals surface area contributed by atoms with Gasteiger partial charge in [0.1, 0.15) is 11.2 Å². The standard InChI is InChI=1S/C19H16N4O3/c1-23-16(9-10-20-23)18(25)21-14-7-5-12(6-8-14)19-22-15-4-2-3-13(11-24)17(15)26-19/h2-10,24H,11H2,1H3,(H,21,25). The molecule has 1 amide bonds. The predicted octanol–water partition coefficient (Wildman–Crippen LogP) is 2.97. The lowest BCUT2D eigenvalue weighted by molar-refractivity contribution is 0.101. The molecule has 0 unspecified atom stereocenters. The smallest absolute Gasteiger partial charge is 0.273 e. The third-order valence-electron chi connectivity index (χ3n) is 4.11. The van der Waals surface area contributed by atoms with E-state index < -0.39 is 0 Å². The third-order valence-corrected chi connectivity index (χ3v) is 4.11. The highest BCUT2D eigenvalue weighted by Gasteiger charge is 2.13. The molecule has 26 heavy (non-hydrogen) atoms. The number of aliphatic hydroxyl groups excluding tert-OH is 1. The predicted molar refractivity (Wildman–Crippen MR) is 96.5 cm³/mol. The Kier molecular flexibility index (Phi) is 3.98. The van der Waals surface area contributed by atoms with Crippen molar-refractivity contribution in [3.63, 3.8) is 0 Å². The number of amides is 1. The summed E-state index contributed by atoms with van der Waals surface area (Å²) in [6, 6.07) is 14.3. The molecule has 0 saturated carbocycles. The van der Waals surface area contributed by atoms with E-state index in [0.717, 1.165) is 5.56 Å². The summed E-state index contributed by atoms with van der Waals surface area (Å²) in [6.07, 6.45) is 1.58. The van der Waals surface area contributed by atoms with Crippen LogP contribution in [0.25, 0.3) is 22.6 Å². The molecule has 4 rings (SSSR count). The molecule has 7 nitrogen and oxygen atoms in total. The molecule has 0 radical (unpaired) electrons. The minimum Gasteiger partial charge on any atom is -0.436 e. The van der Waals surface area contributed by atoms with Crippen LogP contribution in [0.1, 0.15) is 16.1 Å². The number of anilines is 1. The number of hydrogen-bond acceptors (Lipinski definition) is 5. The lowest BCUT2D eigenvalue weighted by Gasteiger charge is -2.05. The molecule has 2 aromatic carbocycles. The van der Waals surface area contributed by atoms with E-state index in [-0.39, 0.29) is 12.5 Å². The monoisotopic (exact) mass is 348 g/mol. The van der Waals surface area contributed by atoms with Crippen molar-refractivity contribution in [1.82, 2.24) is 14.8 Å². The molecule has 0 spiro atoms. The van der Waals surface area contributed by atoms with Gasteiger partial charge in [-0.1, -0.05) is 12.1 Å². The SMILES string of the molecule is Cn1nccc1C(=O)Nc1ccc(-c2nc3cccc(CO)c3o2)cc1. The van der Waals surface area contributed by atoms with Gasteiger partial charge in [0.15, 0.2) is 5.58 Å². The number of carbonyl (C=O) groups is 1. The van der Waals surface area contributed by atoms with Crippen LogP contribution in [0.4, 0.5) is 5.69 Å². The minimum absolute atomic E-state index is 0.106. The van der Waals surface area contributed by atoms with Crippen LogP contribution in [0.2, 0.25) is 0 Å². The first-order valence-corrected chi connectivity index (χ1v) is 8.05. The molecule has 0 aliphatic rings. The normalized spacial score (nSPS) is 11.0. The maximum Gasteiger partial charge on any atom is 0.273 e. The Labute approximate surface area is 148 Å². The summed E-state index contributed by atoms with van der Waals surface area (Å²) >= 11 is 0. The number of carbonyl (C=O) groups excluding carboxylic acids is 1. The molecule has 0 bridgehead atoms. The van der Waals surface area contributed by atoms with Crippen LogP contribution in [0.5, 0.6) is 0 Å². The van der Waals surface area contributed by atoms with Crippen LogP contribution in [0.3, 0.4) is 0 Å². The zero-order valence-electron chi connectivity index (χ0n) is 14.0. The van der Waals surface area contributed by atoms with Gasteiger partial charge < -0.3 is 14.8 Å². The fraction of sp³-hybridized carbons (Fsp3) is 0.105. The van der Waals surface area contributed by atoms with E-state index in [0.29, 0.717) is 33.9 Å². The van der Waals surface area contributed by atoms with Crippen molar-refractivity contribution in [1.29, 1.82) is 0 Å². The highest BCUT2D eigenvalue weighted by atomic mass is 16.3. The maximum atomic E-state index is 12.2. The quantitative estimate of drug-likeness (QED) is 0.591. The first kappa shape index (κ1) is 16.0. The fourth-order valence-corrected chi connectivity index (χ4v) is 2.74. The fourth-order valence-electron chi connectivity index (χ4n) is 2.74. The van der Waals surface area contributed by atoms with Gasteiger partial charge in [-0.3, -0.25) is 9.48 Å². The van der Waals surface area contributed by atoms with E-state index in [9.17, 15) is 9.90 Å². The molecule has 0 atom stereocenters. The van der Waals surface area contributed by atoms with Crippen molar-refractivity contribution in [3.8, 4) is 11.5 Å². The van der Waals surface area contributed by atoms with Crippen LogP contribution in [-0.2, 0) is 13.7 Å².